The molecule has 0 fully saturated rings. The van der Waals surface area contributed by atoms with Gasteiger partial charge >= 0.3 is 0 Å². The predicted molar refractivity (Wildman–Crippen MR) is 249 cm³/mol. The van der Waals surface area contributed by atoms with Gasteiger partial charge in [0.15, 0.2) is 17.5 Å². The minimum atomic E-state index is 0.618. The summed E-state index contributed by atoms with van der Waals surface area (Å²) in [5.41, 5.74) is 16.7. The molecule has 0 saturated carbocycles. The lowest BCUT2D eigenvalue weighted by Crippen LogP contribution is -2.00. The van der Waals surface area contributed by atoms with Gasteiger partial charge in [-0.25, -0.2) is 15.0 Å². The lowest BCUT2D eigenvalue weighted by Gasteiger charge is -2.13. The van der Waals surface area contributed by atoms with E-state index in [1.165, 1.54) is 38.9 Å². The zero-order valence-electron chi connectivity index (χ0n) is 32.9. The second-order valence-electron chi connectivity index (χ2n) is 14.8. The Morgan fingerprint density at radius 2 is 0.433 bits per heavy atom. The van der Waals surface area contributed by atoms with Crippen LogP contribution in [0.1, 0.15) is 0 Å². The lowest BCUT2D eigenvalue weighted by molar-refractivity contribution is 1.07. The van der Waals surface area contributed by atoms with Crippen LogP contribution in [0.2, 0.25) is 0 Å². The van der Waals surface area contributed by atoms with E-state index in [4.69, 9.17) is 15.0 Å². The Morgan fingerprint density at radius 1 is 0.167 bits per heavy atom. The van der Waals surface area contributed by atoms with E-state index in [1.807, 2.05) is 6.07 Å². The van der Waals surface area contributed by atoms with E-state index in [1.54, 1.807) is 0 Å². The highest BCUT2D eigenvalue weighted by Crippen LogP contribution is 2.36. The molecule has 0 aliphatic rings. The van der Waals surface area contributed by atoms with Crippen molar-refractivity contribution in [2.24, 2.45) is 0 Å². The number of rotatable bonds is 9. The highest BCUT2D eigenvalue weighted by Gasteiger charge is 2.16. The molecule has 10 rings (SSSR count). The van der Waals surface area contributed by atoms with Crippen LogP contribution in [0.3, 0.4) is 0 Å². The van der Waals surface area contributed by atoms with Crippen LogP contribution in [0.25, 0.3) is 101 Å². The maximum Gasteiger partial charge on any atom is 0.164 e. The minimum Gasteiger partial charge on any atom is -0.208 e. The molecule has 10 aromatic rings. The largest absolute Gasteiger partial charge is 0.208 e. The highest BCUT2D eigenvalue weighted by atomic mass is 15.0. The summed E-state index contributed by atoms with van der Waals surface area (Å²) in [4.78, 5) is 15.5. The summed E-state index contributed by atoms with van der Waals surface area (Å²) in [6, 6.07) is 83.0. The number of hydrogen-bond acceptors (Lipinski definition) is 3. The molecule has 0 aliphatic heterocycles. The number of benzene rings is 9. The Kier molecular flexibility index (Phi) is 9.97. The molecular weight excluding hydrogens is 727 g/mol. The second-order valence-corrected chi connectivity index (χ2v) is 14.8. The standard InChI is InChI=1S/C57H39N3/c1-4-16-40(17-5-1)47-22-14-23-48(38-47)41-30-34-45(35-31-41)55-58-56(46-36-32-44(33-37-46)53-28-11-10-26-51(53)42-18-6-2-7-19-42)60-57(59-55)50-25-15-24-49(39-50)54-29-13-12-27-52(54)43-20-8-3-9-21-43/h1-39H. The van der Waals surface area contributed by atoms with Crippen LogP contribution in [-0.2, 0) is 0 Å². The van der Waals surface area contributed by atoms with Crippen LogP contribution in [-0.4, -0.2) is 15.0 Å². The fraction of sp³-hybridized carbons (Fsp3) is 0. The van der Waals surface area contributed by atoms with Crippen molar-refractivity contribution in [1.29, 1.82) is 0 Å². The minimum absolute atomic E-state index is 0.618. The summed E-state index contributed by atoms with van der Waals surface area (Å²) in [5, 5.41) is 0. The van der Waals surface area contributed by atoms with Crippen molar-refractivity contribution in [3.8, 4) is 101 Å². The smallest absolute Gasteiger partial charge is 0.164 e. The molecule has 0 radical (unpaired) electrons. The number of hydrogen-bond donors (Lipinski definition) is 0. The normalized spacial score (nSPS) is 11.0. The molecular formula is C57H39N3. The maximum atomic E-state index is 5.16. The van der Waals surface area contributed by atoms with E-state index in [9.17, 15) is 0 Å². The van der Waals surface area contributed by atoms with Crippen molar-refractivity contribution in [2.45, 2.75) is 0 Å². The Bertz CT molecular complexity index is 3050. The molecule has 282 valence electrons. The molecule has 0 saturated heterocycles. The third kappa shape index (κ3) is 7.56. The summed E-state index contributed by atoms with van der Waals surface area (Å²) < 4.78 is 0. The average molecular weight is 766 g/mol. The molecule has 0 N–H and O–H groups in total. The monoisotopic (exact) mass is 765 g/mol. The van der Waals surface area contributed by atoms with Gasteiger partial charge in [-0.2, -0.15) is 0 Å². The third-order valence-electron chi connectivity index (χ3n) is 11.0. The molecule has 3 nitrogen and oxygen atoms in total. The summed E-state index contributed by atoms with van der Waals surface area (Å²) in [6.45, 7) is 0. The molecule has 0 spiro atoms. The first-order valence-electron chi connectivity index (χ1n) is 20.3. The zero-order chi connectivity index (χ0) is 40.1. The van der Waals surface area contributed by atoms with E-state index in [0.717, 1.165) is 44.5 Å². The van der Waals surface area contributed by atoms with Crippen molar-refractivity contribution in [2.75, 3.05) is 0 Å². The SMILES string of the molecule is c1ccc(-c2cccc(-c3ccc(-c4nc(-c5ccc(-c6ccccc6-c6ccccc6)cc5)nc(-c5cccc(-c6ccccc6-c6ccccc6)c5)n4)cc3)c2)cc1. The average Bonchev–Trinajstić information content (AvgIpc) is 3.35. The van der Waals surface area contributed by atoms with Crippen molar-refractivity contribution in [3.05, 3.63) is 237 Å². The first-order valence-corrected chi connectivity index (χ1v) is 20.3. The van der Waals surface area contributed by atoms with Gasteiger partial charge in [0.05, 0.1) is 0 Å². The van der Waals surface area contributed by atoms with E-state index < -0.39 is 0 Å². The van der Waals surface area contributed by atoms with Crippen LogP contribution in [0.15, 0.2) is 237 Å². The molecule has 60 heavy (non-hydrogen) atoms. The summed E-state index contributed by atoms with van der Waals surface area (Å²) in [5.74, 6) is 1.85. The van der Waals surface area contributed by atoms with Crippen molar-refractivity contribution < 1.29 is 0 Å². The van der Waals surface area contributed by atoms with Gasteiger partial charge in [-0.05, 0) is 78.9 Å². The molecule has 0 unspecified atom stereocenters. The second kappa shape index (κ2) is 16.5. The fourth-order valence-corrected chi connectivity index (χ4v) is 7.92. The Hall–Kier alpha value is -8.01. The summed E-state index contributed by atoms with van der Waals surface area (Å²) in [6.07, 6.45) is 0. The summed E-state index contributed by atoms with van der Waals surface area (Å²) in [7, 11) is 0. The number of nitrogens with zero attached hydrogens (tertiary/aromatic N) is 3. The third-order valence-corrected chi connectivity index (χ3v) is 11.0. The van der Waals surface area contributed by atoms with Gasteiger partial charge < -0.3 is 0 Å². The van der Waals surface area contributed by atoms with Crippen molar-refractivity contribution in [1.82, 2.24) is 15.0 Å². The van der Waals surface area contributed by atoms with Crippen LogP contribution in [0, 0.1) is 0 Å². The van der Waals surface area contributed by atoms with E-state index >= 15 is 0 Å². The van der Waals surface area contributed by atoms with Gasteiger partial charge in [0.1, 0.15) is 0 Å². The van der Waals surface area contributed by atoms with Crippen molar-refractivity contribution >= 4 is 0 Å². The zero-order valence-corrected chi connectivity index (χ0v) is 32.9. The van der Waals surface area contributed by atoms with Gasteiger partial charge in [0, 0.05) is 16.7 Å². The molecule has 0 bridgehead atoms. The van der Waals surface area contributed by atoms with Gasteiger partial charge in [-0.3, -0.25) is 0 Å². The van der Waals surface area contributed by atoms with Crippen molar-refractivity contribution in [3.63, 3.8) is 0 Å². The lowest BCUT2D eigenvalue weighted by atomic mass is 9.93. The Morgan fingerprint density at radius 3 is 0.900 bits per heavy atom. The van der Waals surface area contributed by atoms with E-state index in [0.29, 0.717) is 17.5 Å². The first kappa shape index (κ1) is 36.3. The maximum absolute atomic E-state index is 5.16. The van der Waals surface area contributed by atoms with Crippen LogP contribution in [0.5, 0.6) is 0 Å². The first-order chi connectivity index (χ1) is 29.7. The molecule has 3 heteroatoms. The van der Waals surface area contributed by atoms with Gasteiger partial charge in [0.2, 0.25) is 0 Å². The number of aromatic nitrogens is 3. The summed E-state index contributed by atoms with van der Waals surface area (Å²) >= 11 is 0. The van der Waals surface area contributed by atoms with Crippen LogP contribution >= 0.6 is 0 Å². The molecule has 0 aliphatic carbocycles. The quantitative estimate of drug-likeness (QED) is 0.147. The van der Waals surface area contributed by atoms with E-state index in [-0.39, 0.29) is 0 Å². The van der Waals surface area contributed by atoms with Crippen LogP contribution < -0.4 is 0 Å². The Labute approximate surface area is 351 Å². The van der Waals surface area contributed by atoms with Gasteiger partial charge in [-0.15, -0.1) is 0 Å². The molecule has 1 heterocycles. The molecule has 9 aromatic carbocycles. The highest BCUT2D eigenvalue weighted by molar-refractivity contribution is 5.86. The fourth-order valence-electron chi connectivity index (χ4n) is 7.92. The van der Waals surface area contributed by atoms with Gasteiger partial charge in [0.25, 0.3) is 0 Å². The van der Waals surface area contributed by atoms with E-state index in [2.05, 4.69) is 231 Å². The van der Waals surface area contributed by atoms with Gasteiger partial charge in [-0.1, -0.05) is 224 Å². The van der Waals surface area contributed by atoms with Crippen LogP contribution in [0.4, 0.5) is 0 Å². The molecule has 0 atom stereocenters. The Balaban J connectivity index is 1.05. The predicted octanol–water partition coefficient (Wildman–Crippen LogP) is 14.9. The molecule has 0 amide bonds. The molecule has 1 aromatic heterocycles. The topological polar surface area (TPSA) is 38.7 Å².